The lowest BCUT2D eigenvalue weighted by atomic mass is 9.81. The van der Waals surface area contributed by atoms with Crippen molar-refractivity contribution in [1.29, 1.82) is 0 Å². The first-order valence-corrected chi connectivity index (χ1v) is 13.2. The second kappa shape index (κ2) is 9.13. The number of sulfonamides is 1. The molecule has 1 aliphatic carbocycles. The van der Waals surface area contributed by atoms with Crippen LogP contribution in [0.3, 0.4) is 0 Å². The Morgan fingerprint density at radius 2 is 1.85 bits per heavy atom. The van der Waals surface area contributed by atoms with E-state index in [1.165, 1.54) is 12.5 Å². The molecule has 0 bridgehead atoms. The molecule has 2 heterocycles. The molecule has 4 rings (SSSR count). The van der Waals surface area contributed by atoms with Gasteiger partial charge in [0.25, 0.3) is 10.0 Å². The van der Waals surface area contributed by atoms with Gasteiger partial charge in [-0.05, 0) is 36.8 Å². The third kappa shape index (κ3) is 4.60. The van der Waals surface area contributed by atoms with Crippen molar-refractivity contribution in [3.63, 3.8) is 0 Å². The van der Waals surface area contributed by atoms with E-state index in [2.05, 4.69) is 4.99 Å². The second-order valence-electron chi connectivity index (χ2n) is 9.69. The van der Waals surface area contributed by atoms with Gasteiger partial charge in [0.1, 0.15) is 23.4 Å². The minimum atomic E-state index is -3.93. The topological polar surface area (TPSA) is 123 Å². The maximum atomic E-state index is 13.1. The largest absolute Gasteiger partial charge is 0.507 e. The number of benzene rings is 1. The quantitative estimate of drug-likeness (QED) is 0.621. The van der Waals surface area contributed by atoms with Gasteiger partial charge in [0.15, 0.2) is 0 Å². The number of aromatic hydroxyl groups is 1. The number of primary sulfonamides is 1. The zero-order chi connectivity index (χ0) is 24.7. The Labute approximate surface area is 200 Å². The zero-order valence-electron chi connectivity index (χ0n) is 19.8. The number of aliphatic imine (C=N–C) groups is 1. The normalized spacial score (nSPS) is 21.6. The molecule has 0 saturated heterocycles. The van der Waals surface area contributed by atoms with Crippen LogP contribution >= 0.6 is 0 Å². The Morgan fingerprint density at radius 3 is 2.50 bits per heavy atom. The highest BCUT2D eigenvalue weighted by Gasteiger charge is 2.34. The van der Waals surface area contributed by atoms with Gasteiger partial charge in [-0.25, -0.2) is 22.8 Å². The molecule has 182 valence electrons. The monoisotopic (exact) mass is 486 g/mol. The summed E-state index contributed by atoms with van der Waals surface area (Å²) in [6, 6.07) is 7.53. The maximum absolute atomic E-state index is 13.1. The van der Waals surface area contributed by atoms with Crippen LogP contribution in [0, 0.1) is 5.92 Å². The van der Waals surface area contributed by atoms with Gasteiger partial charge in [0.05, 0.1) is 12.6 Å². The molecule has 1 aliphatic heterocycles. The van der Waals surface area contributed by atoms with E-state index >= 15 is 0 Å². The van der Waals surface area contributed by atoms with Crippen molar-refractivity contribution in [1.82, 2.24) is 4.48 Å². The average Bonchev–Trinajstić information content (AvgIpc) is 3.16. The molecule has 34 heavy (non-hydrogen) atoms. The van der Waals surface area contributed by atoms with Crippen LogP contribution in [0.1, 0.15) is 67.9 Å². The summed E-state index contributed by atoms with van der Waals surface area (Å²) < 4.78 is 29.3. The van der Waals surface area contributed by atoms with Crippen molar-refractivity contribution in [2.45, 2.75) is 58.3 Å². The third-order valence-electron chi connectivity index (χ3n) is 6.75. The van der Waals surface area contributed by atoms with Gasteiger partial charge in [0, 0.05) is 24.0 Å². The molecule has 0 amide bonds. The van der Waals surface area contributed by atoms with E-state index in [4.69, 9.17) is 9.56 Å². The summed E-state index contributed by atoms with van der Waals surface area (Å²) >= 11 is 0. The Kier molecular flexibility index (Phi) is 6.54. The average molecular weight is 487 g/mol. The number of rotatable bonds is 5. The summed E-state index contributed by atoms with van der Waals surface area (Å²) in [5.41, 5.74) is 2.11. The molecule has 0 radical (unpaired) electrons. The fourth-order valence-corrected chi connectivity index (χ4v) is 5.52. The molecule has 9 heteroatoms. The molecule has 8 nitrogen and oxygen atoms in total. The summed E-state index contributed by atoms with van der Waals surface area (Å²) in [6.45, 7) is 4.00. The van der Waals surface area contributed by atoms with Crippen molar-refractivity contribution >= 4 is 22.0 Å². The molecule has 2 aliphatic rings. The van der Waals surface area contributed by atoms with E-state index in [9.17, 15) is 18.3 Å². The first-order valence-electron chi connectivity index (χ1n) is 11.7. The van der Waals surface area contributed by atoms with Crippen LogP contribution in [0.15, 0.2) is 49.7 Å². The zero-order valence-corrected chi connectivity index (χ0v) is 20.6. The molecule has 1 aromatic carbocycles. The maximum Gasteiger partial charge on any atom is 0.343 e. The van der Waals surface area contributed by atoms with E-state index in [0.717, 1.165) is 42.5 Å². The number of nitrogens with two attached hydrogens (primary N) is 1. The summed E-state index contributed by atoms with van der Waals surface area (Å²) in [7, 11) is -2.14. The molecule has 2 unspecified atom stereocenters. The Morgan fingerprint density at radius 1 is 1.15 bits per heavy atom. The first kappa shape index (κ1) is 24.4. The van der Waals surface area contributed by atoms with Crippen LogP contribution in [0.2, 0.25) is 0 Å². The number of quaternary nitrogens is 1. The fourth-order valence-electron chi connectivity index (χ4n) is 4.96. The SMILES string of the molecule is CC(C)C(c1cccc([N+]2(C)C=NC(S(N)(=O)=O)=C2)c1)c1c(O)c2c(oc1=O)CCCCCC2. The minimum Gasteiger partial charge on any atom is -0.507 e. The van der Waals surface area contributed by atoms with Crippen LogP contribution in [-0.2, 0) is 22.9 Å². The lowest BCUT2D eigenvalue weighted by Gasteiger charge is -2.26. The van der Waals surface area contributed by atoms with Crippen molar-refractivity contribution in [3.8, 4) is 5.75 Å². The van der Waals surface area contributed by atoms with Crippen LogP contribution in [-0.4, -0.2) is 26.9 Å². The molecular formula is C25H32N3O5S+. The van der Waals surface area contributed by atoms with Gasteiger partial charge < -0.3 is 9.52 Å². The van der Waals surface area contributed by atoms with Gasteiger partial charge in [0.2, 0.25) is 11.4 Å². The number of hydrogen-bond donors (Lipinski definition) is 2. The molecule has 0 spiro atoms. The summed E-state index contributed by atoms with van der Waals surface area (Å²) in [5.74, 6) is 0.245. The van der Waals surface area contributed by atoms with Gasteiger partial charge in [-0.1, -0.05) is 38.8 Å². The Hall–Kier alpha value is -2.75. The summed E-state index contributed by atoms with van der Waals surface area (Å²) in [6.07, 6.45) is 8.39. The number of hydrogen-bond acceptors (Lipinski definition) is 6. The van der Waals surface area contributed by atoms with E-state index in [1.54, 1.807) is 7.05 Å². The van der Waals surface area contributed by atoms with Gasteiger partial charge in [-0.15, -0.1) is 0 Å². The Bertz CT molecular complexity index is 1330. The second-order valence-corrected chi connectivity index (χ2v) is 11.2. The van der Waals surface area contributed by atoms with Gasteiger partial charge in [-0.2, -0.15) is 4.99 Å². The minimum absolute atomic E-state index is 0.00912. The number of aryl methyl sites for hydroxylation is 1. The van der Waals surface area contributed by atoms with E-state index in [0.29, 0.717) is 18.6 Å². The van der Waals surface area contributed by atoms with Crippen molar-refractivity contribution < 1.29 is 17.9 Å². The molecule has 0 fully saturated rings. The molecule has 2 atom stereocenters. The highest BCUT2D eigenvalue weighted by atomic mass is 32.2. The van der Waals surface area contributed by atoms with E-state index < -0.39 is 21.6 Å². The van der Waals surface area contributed by atoms with Gasteiger partial charge >= 0.3 is 5.63 Å². The van der Waals surface area contributed by atoms with Crippen LogP contribution in [0.4, 0.5) is 5.69 Å². The van der Waals surface area contributed by atoms with Gasteiger partial charge in [-0.3, -0.25) is 0 Å². The lowest BCUT2D eigenvalue weighted by Crippen LogP contribution is -2.35. The number of fused-ring (bicyclic) bond motifs is 1. The summed E-state index contributed by atoms with van der Waals surface area (Å²) in [4.78, 5) is 17.1. The Balaban J connectivity index is 1.82. The third-order valence-corrected chi connectivity index (χ3v) is 7.55. The standard InChI is InChI=1S/C25H31N3O5S/c1-16(2)22(23-24(29)19-11-6-4-5-7-12-20(19)33-25(23)30)17-9-8-10-18(13-17)28(3)14-21(27-15-28)34(26,31)32/h8-10,13-16,22H,4-7,11-12H2,1-3H3,(H2-,26,29,30,31,32)/p+1. The van der Waals surface area contributed by atoms with E-state index in [1.807, 2.05) is 38.1 Å². The van der Waals surface area contributed by atoms with Crippen LogP contribution in [0.25, 0.3) is 0 Å². The van der Waals surface area contributed by atoms with Crippen molar-refractivity contribution in [2.75, 3.05) is 7.05 Å². The van der Waals surface area contributed by atoms with E-state index in [-0.39, 0.29) is 26.7 Å². The highest BCUT2D eigenvalue weighted by molar-refractivity contribution is 7.93. The van der Waals surface area contributed by atoms with Crippen molar-refractivity contribution in [2.24, 2.45) is 16.0 Å². The highest BCUT2D eigenvalue weighted by Crippen LogP contribution is 2.40. The molecule has 2 aromatic rings. The smallest absolute Gasteiger partial charge is 0.343 e. The number of nitrogens with zero attached hydrogens (tertiary/aromatic N) is 2. The first-order chi connectivity index (χ1) is 16.0. The van der Waals surface area contributed by atoms with Crippen LogP contribution in [0.5, 0.6) is 5.75 Å². The summed E-state index contributed by atoms with van der Waals surface area (Å²) in [5, 5.41) is 16.4. The molecule has 1 aromatic heterocycles. The molecule has 3 N–H and O–H groups in total. The lowest BCUT2D eigenvalue weighted by molar-refractivity contribution is 0.376. The fraction of sp³-hybridized carbons (Fsp3) is 0.440. The predicted molar refractivity (Wildman–Crippen MR) is 133 cm³/mol. The molecule has 0 saturated carbocycles. The predicted octanol–water partition coefficient (Wildman–Crippen LogP) is 3.86. The van der Waals surface area contributed by atoms with Crippen molar-refractivity contribution in [3.05, 3.63) is 68.4 Å². The molecular weight excluding hydrogens is 454 g/mol. The van der Waals surface area contributed by atoms with Crippen LogP contribution < -0.4 is 15.2 Å².